The summed E-state index contributed by atoms with van der Waals surface area (Å²) in [5, 5.41) is 16.5. The minimum absolute atomic E-state index is 0. The Kier molecular flexibility index (Phi) is 6.79. The summed E-state index contributed by atoms with van der Waals surface area (Å²) in [6.07, 6.45) is 0.791. The van der Waals surface area contributed by atoms with E-state index in [9.17, 15) is 0 Å². The number of nitrogens with one attached hydrogen (secondary N) is 1. The summed E-state index contributed by atoms with van der Waals surface area (Å²) in [5.74, 6) is 0.875. The van der Waals surface area contributed by atoms with Crippen LogP contribution in [-0.2, 0) is 6.42 Å². The summed E-state index contributed by atoms with van der Waals surface area (Å²) >= 11 is 6.19. The van der Waals surface area contributed by atoms with Crippen molar-refractivity contribution >= 4 is 24.0 Å². The Morgan fingerprint density at radius 1 is 1.11 bits per heavy atom. The molecule has 0 aliphatic carbocycles. The molecule has 1 saturated heterocycles. The number of para-hydroxylation sites is 1. The number of rotatable bonds is 5. The van der Waals surface area contributed by atoms with E-state index < -0.39 is 0 Å². The molecular weight excluding hydrogens is 383 g/mol. The molecule has 27 heavy (non-hydrogen) atoms. The molecule has 1 aromatic heterocycles. The average molecular weight is 405 g/mol. The predicted molar refractivity (Wildman–Crippen MR) is 109 cm³/mol. The van der Waals surface area contributed by atoms with Crippen LogP contribution in [0.5, 0.6) is 0 Å². The predicted octanol–water partition coefficient (Wildman–Crippen LogP) is 2.93. The summed E-state index contributed by atoms with van der Waals surface area (Å²) < 4.78 is 1.82. The Labute approximate surface area is 169 Å². The fraction of sp³-hybridized carbons (Fsp3) is 0.316. The van der Waals surface area contributed by atoms with Crippen molar-refractivity contribution in [3.05, 3.63) is 71.0 Å². The van der Waals surface area contributed by atoms with Crippen molar-refractivity contribution in [1.82, 2.24) is 30.4 Å². The van der Waals surface area contributed by atoms with Gasteiger partial charge < -0.3 is 5.32 Å². The molecule has 0 spiro atoms. The highest BCUT2D eigenvalue weighted by atomic mass is 35.5. The molecule has 6 nitrogen and oxygen atoms in total. The first-order chi connectivity index (χ1) is 12.8. The van der Waals surface area contributed by atoms with Crippen molar-refractivity contribution in [3.63, 3.8) is 0 Å². The molecular formula is C19H22Cl2N6. The SMILES string of the molecule is Cl.Clc1cccc(C2CNCCN2CCc2nnnn2-c2ccccc2)c1. The molecule has 1 N–H and O–H groups in total. The number of nitrogens with zero attached hydrogens (tertiary/aromatic N) is 5. The van der Waals surface area contributed by atoms with E-state index in [0.717, 1.165) is 49.1 Å². The molecule has 8 heteroatoms. The summed E-state index contributed by atoms with van der Waals surface area (Å²) in [4.78, 5) is 2.48. The molecule has 2 aromatic carbocycles. The van der Waals surface area contributed by atoms with Crippen LogP contribution in [-0.4, -0.2) is 51.3 Å². The van der Waals surface area contributed by atoms with Gasteiger partial charge in [0.15, 0.2) is 5.82 Å². The molecule has 1 atom stereocenters. The number of aromatic nitrogens is 4. The zero-order chi connectivity index (χ0) is 17.8. The van der Waals surface area contributed by atoms with E-state index in [1.54, 1.807) is 0 Å². The topological polar surface area (TPSA) is 58.9 Å². The lowest BCUT2D eigenvalue weighted by molar-refractivity contribution is 0.163. The molecule has 0 amide bonds. The van der Waals surface area contributed by atoms with Gasteiger partial charge in [0.25, 0.3) is 0 Å². The summed E-state index contributed by atoms with van der Waals surface area (Å²) in [5.41, 5.74) is 2.23. The monoisotopic (exact) mass is 404 g/mol. The zero-order valence-electron chi connectivity index (χ0n) is 14.8. The van der Waals surface area contributed by atoms with Crippen molar-refractivity contribution < 1.29 is 0 Å². The van der Waals surface area contributed by atoms with Gasteiger partial charge in [-0.3, -0.25) is 4.90 Å². The molecule has 1 aliphatic heterocycles. The maximum absolute atomic E-state index is 6.19. The number of benzene rings is 2. The van der Waals surface area contributed by atoms with Crippen molar-refractivity contribution in [2.75, 3.05) is 26.2 Å². The fourth-order valence-electron chi connectivity index (χ4n) is 3.43. The van der Waals surface area contributed by atoms with Crippen LogP contribution in [0.15, 0.2) is 54.6 Å². The number of hydrogen-bond acceptors (Lipinski definition) is 5. The third-order valence-electron chi connectivity index (χ3n) is 4.75. The summed E-state index contributed by atoms with van der Waals surface area (Å²) in [6, 6.07) is 18.4. The van der Waals surface area contributed by atoms with E-state index in [-0.39, 0.29) is 12.4 Å². The lowest BCUT2D eigenvalue weighted by Gasteiger charge is -2.36. The van der Waals surface area contributed by atoms with Crippen molar-refractivity contribution in [2.45, 2.75) is 12.5 Å². The lowest BCUT2D eigenvalue weighted by Crippen LogP contribution is -2.46. The molecule has 3 aromatic rings. The number of tetrazole rings is 1. The second-order valence-corrected chi connectivity index (χ2v) is 6.84. The highest BCUT2D eigenvalue weighted by Crippen LogP contribution is 2.24. The Morgan fingerprint density at radius 2 is 1.96 bits per heavy atom. The van der Waals surface area contributed by atoms with Gasteiger partial charge in [-0.05, 0) is 40.3 Å². The summed E-state index contributed by atoms with van der Waals surface area (Å²) in [6.45, 7) is 3.79. The Balaban J connectivity index is 0.00000210. The van der Waals surface area contributed by atoms with Gasteiger partial charge in [-0.1, -0.05) is 41.9 Å². The highest BCUT2D eigenvalue weighted by molar-refractivity contribution is 6.30. The fourth-order valence-corrected chi connectivity index (χ4v) is 3.63. The van der Waals surface area contributed by atoms with Gasteiger partial charge in [0.1, 0.15) is 0 Å². The van der Waals surface area contributed by atoms with Gasteiger partial charge in [-0.25, -0.2) is 0 Å². The molecule has 1 aliphatic rings. The van der Waals surface area contributed by atoms with Crippen LogP contribution < -0.4 is 5.32 Å². The second kappa shape index (κ2) is 9.28. The average Bonchev–Trinajstić information content (AvgIpc) is 3.16. The molecule has 4 rings (SSSR count). The van der Waals surface area contributed by atoms with Crippen LogP contribution in [0.1, 0.15) is 17.4 Å². The number of halogens is 2. The second-order valence-electron chi connectivity index (χ2n) is 6.40. The minimum Gasteiger partial charge on any atom is -0.314 e. The summed E-state index contributed by atoms with van der Waals surface area (Å²) in [7, 11) is 0. The molecule has 2 heterocycles. The molecule has 0 radical (unpaired) electrons. The Morgan fingerprint density at radius 3 is 2.78 bits per heavy atom. The van der Waals surface area contributed by atoms with Crippen LogP contribution in [0.25, 0.3) is 5.69 Å². The first-order valence-corrected chi connectivity index (χ1v) is 9.22. The van der Waals surface area contributed by atoms with Crippen LogP contribution in [0.4, 0.5) is 0 Å². The van der Waals surface area contributed by atoms with Crippen molar-refractivity contribution in [3.8, 4) is 5.69 Å². The van der Waals surface area contributed by atoms with Gasteiger partial charge in [0.2, 0.25) is 0 Å². The Bertz CT molecular complexity index is 854. The van der Waals surface area contributed by atoms with Crippen molar-refractivity contribution in [1.29, 1.82) is 0 Å². The lowest BCUT2D eigenvalue weighted by atomic mass is 10.0. The number of hydrogen-bond donors (Lipinski definition) is 1. The third kappa shape index (κ3) is 4.65. The number of piperazine rings is 1. The van der Waals surface area contributed by atoms with E-state index in [0.29, 0.717) is 6.04 Å². The molecule has 1 fully saturated rings. The van der Waals surface area contributed by atoms with E-state index in [1.165, 1.54) is 5.56 Å². The van der Waals surface area contributed by atoms with E-state index >= 15 is 0 Å². The first-order valence-electron chi connectivity index (χ1n) is 8.84. The smallest absolute Gasteiger partial charge is 0.157 e. The standard InChI is InChI=1S/C19H21ClN6.ClH/c20-16-6-4-5-15(13-16)18-14-21-10-12-25(18)11-9-19-22-23-24-26(19)17-7-2-1-3-8-17;/h1-8,13,18,21H,9-12,14H2;1H. The Hall–Kier alpha value is -1.99. The molecule has 0 saturated carbocycles. The molecule has 1 unspecified atom stereocenters. The maximum atomic E-state index is 6.19. The van der Waals surface area contributed by atoms with Gasteiger partial charge >= 0.3 is 0 Å². The van der Waals surface area contributed by atoms with Crippen LogP contribution >= 0.6 is 24.0 Å². The molecule has 0 bridgehead atoms. The quantitative estimate of drug-likeness (QED) is 0.708. The van der Waals surface area contributed by atoms with Gasteiger partial charge in [-0.2, -0.15) is 4.68 Å². The molecule has 142 valence electrons. The van der Waals surface area contributed by atoms with Crippen LogP contribution in [0.2, 0.25) is 5.02 Å². The van der Waals surface area contributed by atoms with Crippen LogP contribution in [0.3, 0.4) is 0 Å². The first kappa shape index (κ1) is 19.8. The largest absolute Gasteiger partial charge is 0.314 e. The highest BCUT2D eigenvalue weighted by Gasteiger charge is 2.24. The third-order valence-corrected chi connectivity index (χ3v) is 4.98. The van der Waals surface area contributed by atoms with Gasteiger partial charge in [0, 0.05) is 43.7 Å². The zero-order valence-corrected chi connectivity index (χ0v) is 16.4. The van der Waals surface area contributed by atoms with Crippen LogP contribution in [0, 0.1) is 0 Å². The minimum atomic E-state index is 0. The maximum Gasteiger partial charge on any atom is 0.157 e. The van der Waals surface area contributed by atoms with E-state index in [1.807, 2.05) is 47.1 Å². The van der Waals surface area contributed by atoms with Crippen molar-refractivity contribution in [2.24, 2.45) is 0 Å². The van der Waals surface area contributed by atoms with Gasteiger partial charge in [0.05, 0.1) is 5.69 Å². The van der Waals surface area contributed by atoms with E-state index in [4.69, 9.17) is 11.6 Å². The normalized spacial score (nSPS) is 17.4. The van der Waals surface area contributed by atoms with E-state index in [2.05, 4.69) is 37.9 Å². The van der Waals surface area contributed by atoms with Gasteiger partial charge in [-0.15, -0.1) is 17.5 Å².